The molecule has 0 amide bonds. The largest absolute Gasteiger partial charge is 0.393 e. The van der Waals surface area contributed by atoms with Crippen molar-refractivity contribution in [3.8, 4) is 0 Å². The van der Waals surface area contributed by atoms with Gasteiger partial charge in [-0.1, -0.05) is 53.5 Å². The maximum atomic E-state index is 6.22. The third kappa shape index (κ3) is 4.32. The molecule has 5 nitrogen and oxygen atoms in total. The van der Waals surface area contributed by atoms with Crippen LogP contribution in [0, 0.1) is 0 Å². The summed E-state index contributed by atoms with van der Waals surface area (Å²) in [7, 11) is 0. The molecular formula is C18H17Cl2N5. The van der Waals surface area contributed by atoms with Gasteiger partial charge >= 0.3 is 0 Å². The van der Waals surface area contributed by atoms with Gasteiger partial charge in [0, 0.05) is 15.7 Å². The van der Waals surface area contributed by atoms with E-state index in [1.165, 1.54) is 6.33 Å². The quantitative estimate of drug-likeness (QED) is 0.566. The van der Waals surface area contributed by atoms with E-state index in [9.17, 15) is 0 Å². The van der Waals surface area contributed by atoms with Crippen LogP contribution in [0.15, 0.2) is 54.9 Å². The highest BCUT2D eigenvalue weighted by molar-refractivity contribution is 6.35. The van der Waals surface area contributed by atoms with E-state index in [1.807, 2.05) is 37.3 Å². The molecule has 1 unspecified atom stereocenters. The minimum Gasteiger partial charge on any atom is -0.393 e. The summed E-state index contributed by atoms with van der Waals surface area (Å²) >= 11 is 12.0. The van der Waals surface area contributed by atoms with Crippen LogP contribution < -0.4 is 16.4 Å². The van der Waals surface area contributed by atoms with Gasteiger partial charge in [0.05, 0.1) is 6.04 Å². The van der Waals surface area contributed by atoms with Crippen LogP contribution in [-0.2, 0) is 0 Å². The summed E-state index contributed by atoms with van der Waals surface area (Å²) in [6, 6.07) is 15.2. The molecule has 3 rings (SSSR count). The zero-order valence-electron chi connectivity index (χ0n) is 13.5. The van der Waals surface area contributed by atoms with Crippen molar-refractivity contribution in [2.24, 2.45) is 0 Å². The zero-order valence-corrected chi connectivity index (χ0v) is 15.0. The van der Waals surface area contributed by atoms with E-state index in [1.54, 1.807) is 18.2 Å². The Balaban J connectivity index is 1.82. The van der Waals surface area contributed by atoms with E-state index in [4.69, 9.17) is 28.9 Å². The van der Waals surface area contributed by atoms with Gasteiger partial charge in [-0.15, -0.1) is 0 Å². The Hall–Kier alpha value is -2.50. The number of anilines is 4. The first-order valence-corrected chi connectivity index (χ1v) is 8.43. The van der Waals surface area contributed by atoms with E-state index in [0.717, 1.165) is 5.56 Å². The van der Waals surface area contributed by atoms with Crippen molar-refractivity contribution in [3.63, 3.8) is 0 Å². The minimum atomic E-state index is 0.0480. The van der Waals surface area contributed by atoms with Crippen LogP contribution >= 0.6 is 23.2 Å². The number of benzene rings is 2. The lowest BCUT2D eigenvalue weighted by Crippen LogP contribution is -2.11. The molecule has 0 bridgehead atoms. The van der Waals surface area contributed by atoms with Gasteiger partial charge in [-0.2, -0.15) is 0 Å². The summed E-state index contributed by atoms with van der Waals surface area (Å²) in [4.78, 5) is 8.44. The van der Waals surface area contributed by atoms with Gasteiger partial charge in [-0.05, 0) is 30.7 Å². The number of halogens is 2. The van der Waals surface area contributed by atoms with Gasteiger partial charge in [0.25, 0.3) is 0 Å². The number of nitrogens with two attached hydrogens (primary N) is 1. The lowest BCUT2D eigenvalue weighted by Gasteiger charge is -2.17. The number of aromatic nitrogens is 2. The van der Waals surface area contributed by atoms with Crippen LogP contribution in [0.1, 0.15) is 18.5 Å². The molecule has 3 aromatic rings. The lowest BCUT2D eigenvalue weighted by molar-refractivity contribution is 0.873. The second-order valence-electron chi connectivity index (χ2n) is 5.54. The normalized spacial score (nSPS) is 11.8. The van der Waals surface area contributed by atoms with Gasteiger partial charge in [0.1, 0.15) is 12.0 Å². The minimum absolute atomic E-state index is 0.0480. The second kappa shape index (κ2) is 7.59. The van der Waals surface area contributed by atoms with Gasteiger partial charge < -0.3 is 16.4 Å². The predicted molar refractivity (Wildman–Crippen MR) is 105 cm³/mol. The monoisotopic (exact) mass is 373 g/mol. The fourth-order valence-corrected chi connectivity index (χ4v) is 2.93. The van der Waals surface area contributed by atoms with Crippen molar-refractivity contribution in [2.45, 2.75) is 13.0 Å². The molecule has 0 aliphatic rings. The molecule has 1 heterocycles. The third-order valence-electron chi connectivity index (χ3n) is 3.66. The highest BCUT2D eigenvalue weighted by Crippen LogP contribution is 2.30. The standard InChI is InChI=1S/C18H17Cl2N5/c1-11(12-5-3-2-4-6-12)24-17-16(21)18(23-10-22-17)25-15-8-13(19)7-14(20)9-15/h2-11H,21H2,1H3,(H2,22,23,24,25). The summed E-state index contributed by atoms with van der Waals surface area (Å²) in [6.07, 6.45) is 1.45. The van der Waals surface area contributed by atoms with Crippen molar-refractivity contribution in [2.75, 3.05) is 16.4 Å². The lowest BCUT2D eigenvalue weighted by atomic mass is 10.1. The maximum absolute atomic E-state index is 6.22. The first-order chi connectivity index (χ1) is 12.0. The number of nitrogens with zero attached hydrogens (tertiary/aromatic N) is 2. The molecular weight excluding hydrogens is 357 g/mol. The molecule has 0 saturated carbocycles. The molecule has 0 fully saturated rings. The van der Waals surface area contributed by atoms with Crippen molar-refractivity contribution < 1.29 is 0 Å². The van der Waals surface area contributed by atoms with Crippen LogP contribution in [0.5, 0.6) is 0 Å². The van der Waals surface area contributed by atoms with E-state index in [-0.39, 0.29) is 6.04 Å². The van der Waals surface area contributed by atoms with Crippen molar-refractivity contribution in [1.29, 1.82) is 0 Å². The Morgan fingerprint density at radius 3 is 2.28 bits per heavy atom. The van der Waals surface area contributed by atoms with Crippen molar-refractivity contribution >= 4 is 46.2 Å². The van der Waals surface area contributed by atoms with E-state index in [2.05, 4.69) is 20.6 Å². The van der Waals surface area contributed by atoms with Crippen LogP contribution in [0.25, 0.3) is 0 Å². The van der Waals surface area contributed by atoms with Crippen LogP contribution in [0.3, 0.4) is 0 Å². The highest BCUT2D eigenvalue weighted by Gasteiger charge is 2.12. The van der Waals surface area contributed by atoms with Crippen LogP contribution in [0.2, 0.25) is 10.0 Å². The second-order valence-corrected chi connectivity index (χ2v) is 6.42. The maximum Gasteiger partial charge on any atom is 0.159 e. The van der Waals surface area contributed by atoms with Gasteiger partial charge in [-0.25, -0.2) is 9.97 Å². The Labute approximate surface area is 156 Å². The third-order valence-corrected chi connectivity index (χ3v) is 4.10. The fourth-order valence-electron chi connectivity index (χ4n) is 2.40. The molecule has 1 aromatic heterocycles. The van der Waals surface area contributed by atoms with Gasteiger partial charge in [0.15, 0.2) is 11.6 Å². The first kappa shape index (κ1) is 17.3. The van der Waals surface area contributed by atoms with E-state index in [0.29, 0.717) is 33.1 Å². The van der Waals surface area contributed by atoms with E-state index < -0.39 is 0 Å². The number of hydrogen-bond donors (Lipinski definition) is 3. The summed E-state index contributed by atoms with van der Waals surface area (Å²) < 4.78 is 0. The molecule has 7 heteroatoms. The van der Waals surface area contributed by atoms with Crippen LogP contribution in [-0.4, -0.2) is 9.97 Å². The molecule has 0 spiro atoms. The average molecular weight is 374 g/mol. The number of rotatable bonds is 5. The highest BCUT2D eigenvalue weighted by atomic mass is 35.5. The fraction of sp³-hybridized carbons (Fsp3) is 0.111. The van der Waals surface area contributed by atoms with Crippen LogP contribution in [0.4, 0.5) is 23.0 Å². The van der Waals surface area contributed by atoms with Crippen molar-refractivity contribution in [1.82, 2.24) is 9.97 Å². The average Bonchev–Trinajstić information content (AvgIpc) is 2.58. The number of nitrogen functional groups attached to an aromatic ring is 1. The predicted octanol–water partition coefficient (Wildman–Crippen LogP) is 5.28. The molecule has 0 saturated heterocycles. The number of hydrogen-bond acceptors (Lipinski definition) is 5. The molecule has 4 N–H and O–H groups in total. The Kier molecular flexibility index (Phi) is 5.26. The Morgan fingerprint density at radius 2 is 1.60 bits per heavy atom. The Bertz CT molecular complexity index is 850. The smallest absolute Gasteiger partial charge is 0.159 e. The molecule has 25 heavy (non-hydrogen) atoms. The van der Waals surface area contributed by atoms with Crippen molar-refractivity contribution in [3.05, 3.63) is 70.5 Å². The zero-order chi connectivity index (χ0) is 17.8. The summed E-state index contributed by atoms with van der Waals surface area (Å²) in [5, 5.41) is 7.48. The Morgan fingerprint density at radius 1 is 0.960 bits per heavy atom. The number of nitrogens with one attached hydrogen (secondary N) is 2. The van der Waals surface area contributed by atoms with Gasteiger partial charge in [-0.3, -0.25) is 0 Å². The summed E-state index contributed by atoms with van der Waals surface area (Å²) in [5.41, 5.74) is 8.47. The van der Waals surface area contributed by atoms with Gasteiger partial charge in [0.2, 0.25) is 0 Å². The molecule has 2 aromatic carbocycles. The molecule has 0 aliphatic heterocycles. The first-order valence-electron chi connectivity index (χ1n) is 7.68. The molecule has 128 valence electrons. The molecule has 1 atom stereocenters. The molecule has 0 radical (unpaired) electrons. The van der Waals surface area contributed by atoms with E-state index >= 15 is 0 Å². The SMILES string of the molecule is CC(Nc1ncnc(Nc2cc(Cl)cc(Cl)c2)c1N)c1ccccc1. The summed E-state index contributed by atoms with van der Waals surface area (Å²) in [5.74, 6) is 1.04. The summed E-state index contributed by atoms with van der Waals surface area (Å²) in [6.45, 7) is 2.04. The topological polar surface area (TPSA) is 75.9 Å². The molecule has 0 aliphatic carbocycles.